The summed E-state index contributed by atoms with van der Waals surface area (Å²) in [4.78, 5) is 24.6. The number of amides is 1. The lowest BCUT2D eigenvalue weighted by molar-refractivity contribution is -0.115. The van der Waals surface area contributed by atoms with Gasteiger partial charge in [-0.2, -0.15) is 4.99 Å². The Labute approximate surface area is 191 Å². The number of thiophene rings is 1. The third-order valence-electron chi connectivity index (χ3n) is 4.81. The predicted molar refractivity (Wildman–Crippen MR) is 129 cm³/mol. The van der Waals surface area contributed by atoms with Crippen LogP contribution in [0.25, 0.3) is 15.6 Å². The molecule has 0 unspecified atom stereocenters. The summed E-state index contributed by atoms with van der Waals surface area (Å²) >= 11 is 4.37. The van der Waals surface area contributed by atoms with Crippen LogP contribution in [0, 0.1) is 0 Å². The molecule has 0 saturated carbocycles. The largest absolute Gasteiger partial charge is 0.428 e. The Balaban J connectivity index is 1.26. The van der Waals surface area contributed by atoms with Crippen LogP contribution in [-0.4, -0.2) is 35.0 Å². The van der Waals surface area contributed by atoms with Gasteiger partial charge in [-0.1, -0.05) is 30.0 Å². The second kappa shape index (κ2) is 8.89. The molecule has 1 amide bonds. The number of thiazole rings is 1. The second-order valence-electron chi connectivity index (χ2n) is 6.95. The van der Waals surface area contributed by atoms with Crippen molar-refractivity contribution < 1.29 is 9.53 Å². The van der Waals surface area contributed by atoms with Gasteiger partial charge in [0.2, 0.25) is 5.13 Å². The van der Waals surface area contributed by atoms with E-state index in [4.69, 9.17) is 4.74 Å². The number of aliphatic imine (C=N–C) groups is 1. The number of nitrogens with zero attached hydrogens (tertiary/aromatic N) is 5. The van der Waals surface area contributed by atoms with Crippen LogP contribution in [0.5, 0.6) is 0 Å². The Morgan fingerprint density at radius 1 is 1.19 bits per heavy atom. The van der Waals surface area contributed by atoms with Crippen molar-refractivity contribution in [3.05, 3.63) is 41.0 Å². The molecule has 158 valence electrons. The zero-order valence-corrected chi connectivity index (χ0v) is 19.2. The standard InChI is InChI=1S/C21H19N5O2S3/c1-2-29-21-22-18(27)16(28-21)11-15-12-17-19(30-15)23-20(31-17)25-24-13-5-7-14(8-6-13)26-9-3-4-10-26/h5-8,11-12H,2-4,9-10H2,1H3/b16-11+,25-24+. The molecule has 0 radical (unpaired) electrons. The highest BCUT2D eigenvalue weighted by Crippen LogP contribution is 2.36. The quantitative estimate of drug-likeness (QED) is 0.320. The number of carbonyl (C=O) groups excluding carboxylic acids is 1. The highest BCUT2D eigenvalue weighted by atomic mass is 32.2. The van der Waals surface area contributed by atoms with E-state index in [-0.39, 0.29) is 11.7 Å². The number of rotatable bonds is 5. The van der Waals surface area contributed by atoms with E-state index < -0.39 is 0 Å². The van der Waals surface area contributed by atoms with Gasteiger partial charge in [-0.3, -0.25) is 4.79 Å². The summed E-state index contributed by atoms with van der Waals surface area (Å²) in [6.07, 6.45) is 4.24. The molecule has 5 rings (SSSR count). The molecule has 1 saturated heterocycles. The highest BCUT2D eigenvalue weighted by molar-refractivity contribution is 8.13. The Hall–Kier alpha value is -2.56. The van der Waals surface area contributed by atoms with Crippen molar-refractivity contribution in [2.45, 2.75) is 19.8 Å². The zero-order chi connectivity index (χ0) is 21.2. The van der Waals surface area contributed by atoms with E-state index in [9.17, 15) is 4.79 Å². The van der Waals surface area contributed by atoms with Gasteiger partial charge in [0.15, 0.2) is 5.76 Å². The fourth-order valence-corrected chi connectivity index (χ4v) is 5.88. The Morgan fingerprint density at radius 3 is 2.74 bits per heavy atom. The summed E-state index contributed by atoms with van der Waals surface area (Å²) in [6, 6.07) is 10.2. The molecule has 2 aromatic heterocycles. The molecule has 3 aromatic rings. The molecular formula is C21H19N5O2S3. The second-order valence-corrected chi connectivity index (χ2v) is 10.2. The number of thioether (sulfide) groups is 1. The normalized spacial score (nSPS) is 18.0. The monoisotopic (exact) mass is 469 g/mol. The fourth-order valence-electron chi connectivity index (χ4n) is 3.37. The Kier molecular flexibility index (Phi) is 5.84. The molecule has 0 bridgehead atoms. The maximum absolute atomic E-state index is 12.0. The number of fused-ring (bicyclic) bond motifs is 1. The van der Waals surface area contributed by atoms with E-state index in [1.165, 1.54) is 53.0 Å². The minimum Gasteiger partial charge on any atom is -0.428 e. The molecule has 4 heterocycles. The average molecular weight is 470 g/mol. The lowest BCUT2D eigenvalue weighted by atomic mass is 10.2. The van der Waals surface area contributed by atoms with Crippen molar-refractivity contribution in [3.63, 3.8) is 0 Å². The van der Waals surface area contributed by atoms with E-state index in [0.29, 0.717) is 10.4 Å². The fraction of sp³-hybridized carbons (Fsp3) is 0.286. The summed E-state index contributed by atoms with van der Waals surface area (Å²) in [5.74, 6) is 0.714. The minimum absolute atomic E-state index is 0.252. The molecule has 1 aromatic carbocycles. The maximum atomic E-state index is 12.0. The van der Waals surface area contributed by atoms with Crippen LogP contribution in [-0.2, 0) is 9.53 Å². The molecule has 1 fully saturated rings. The molecule has 0 spiro atoms. The van der Waals surface area contributed by atoms with Crippen LogP contribution in [0.1, 0.15) is 24.6 Å². The lowest BCUT2D eigenvalue weighted by Gasteiger charge is -2.17. The van der Waals surface area contributed by atoms with Gasteiger partial charge in [-0.15, -0.1) is 21.6 Å². The number of aromatic nitrogens is 1. The van der Waals surface area contributed by atoms with Gasteiger partial charge in [0.1, 0.15) is 4.83 Å². The van der Waals surface area contributed by atoms with Crippen LogP contribution < -0.4 is 4.90 Å². The molecule has 10 heteroatoms. The van der Waals surface area contributed by atoms with E-state index >= 15 is 0 Å². The van der Waals surface area contributed by atoms with Crippen LogP contribution in [0.15, 0.2) is 51.3 Å². The third kappa shape index (κ3) is 4.56. The minimum atomic E-state index is -0.342. The van der Waals surface area contributed by atoms with E-state index in [2.05, 4.69) is 37.2 Å². The van der Waals surface area contributed by atoms with Crippen LogP contribution >= 0.6 is 34.4 Å². The molecule has 2 aliphatic heterocycles. The number of hydrogen-bond donors (Lipinski definition) is 0. The Morgan fingerprint density at radius 2 is 2.00 bits per heavy atom. The molecule has 7 nitrogen and oxygen atoms in total. The van der Waals surface area contributed by atoms with Crippen LogP contribution in [0.3, 0.4) is 0 Å². The van der Waals surface area contributed by atoms with Crippen LogP contribution in [0.4, 0.5) is 16.5 Å². The summed E-state index contributed by atoms with van der Waals surface area (Å²) in [7, 11) is 0. The first kappa shape index (κ1) is 20.3. The zero-order valence-electron chi connectivity index (χ0n) is 16.8. The first-order valence-corrected chi connectivity index (χ1v) is 12.6. The molecule has 0 aliphatic carbocycles. The van der Waals surface area contributed by atoms with Gasteiger partial charge in [0, 0.05) is 29.7 Å². The summed E-state index contributed by atoms with van der Waals surface area (Å²) < 4.78 is 6.52. The van der Waals surface area contributed by atoms with Crippen molar-refractivity contribution in [1.82, 2.24) is 4.98 Å². The summed E-state index contributed by atoms with van der Waals surface area (Å²) in [6.45, 7) is 4.24. The number of benzene rings is 1. The highest BCUT2D eigenvalue weighted by Gasteiger charge is 2.23. The van der Waals surface area contributed by atoms with Gasteiger partial charge >= 0.3 is 5.91 Å². The molecule has 31 heavy (non-hydrogen) atoms. The van der Waals surface area contributed by atoms with Crippen molar-refractivity contribution >= 4 is 77.7 Å². The predicted octanol–water partition coefficient (Wildman–Crippen LogP) is 6.38. The molecule has 0 N–H and O–H groups in total. The van der Waals surface area contributed by atoms with Gasteiger partial charge in [0.05, 0.1) is 10.4 Å². The Bertz CT molecular complexity index is 1170. The van der Waals surface area contributed by atoms with Gasteiger partial charge < -0.3 is 9.64 Å². The topological polar surface area (TPSA) is 79.5 Å². The smallest absolute Gasteiger partial charge is 0.316 e. The van der Waals surface area contributed by atoms with Gasteiger partial charge in [-0.25, -0.2) is 4.98 Å². The first-order valence-electron chi connectivity index (χ1n) is 10.0. The van der Waals surface area contributed by atoms with Crippen molar-refractivity contribution in [2.24, 2.45) is 15.2 Å². The van der Waals surface area contributed by atoms with E-state index in [1.807, 2.05) is 25.1 Å². The molecule has 2 aliphatic rings. The van der Waals surface area contributed by atoms with Crippen molar-refractivity contribution in [2.75, 3.05) is 23.7 Å². The summed E-state index contributed by atoms with van der Waals surface area (Å²) in [5.41, 5.74) is 2.05. The number of carbonyl (C=O) groups is 1. The lowest BCUT2D eigenvalue weighted by Crippen LogP contribution is -2.17. The molecule has 0 atom stereocenters. The summed E-state index contributed by atoms with van der Waals surface area (Å²) in [5, 5.41) is 9.65. The van der Waals surface area contributed by atoms with E-state index in [0.717, 1.165) is 38.9 Å². The van der Waals surface area contributed by atoms with E-state index in [1.54, 1.807) is 6.08 Å². The maximum Gasteiger partial charge on any atom is 0.316 e. The third-order valence-corrected chi connectivity index (χ3v) is 7.51. The van der Waals surface area contributed by atoms with Gasteiger partial charge in [-0.05, 0) is 48.9 Å². The number of ether oxygens (including phenoxy) is 1. The van der Waals surface area contributed by atoms with Crippen molar-refractivity contribution in [3.8, 4) is 0 Å². The molecular weight excluding hydrogens is 450 g/mol. The van der Waals surface area contributed by atoms with Crippen LogP contribution in [0.2, 0.25) is 0 Å². The van der Waals surface area contributed by atoms with Crippen molar-refractivity contribution in [1.29, 1.82) is 0 Å². The first-order chi connectivity index (χ1) is 15.2. The number of azo groups is 1. The average Bonchev–Trinajstić information content (AvgIpc) is 3.53. The SMILES string of the molecule is CCSC1=NC(=O)/C(=C\c2cc3sc(/N=N/c4ccc(N5CCCC5)cc4)nc3s2)O1. The van der Waals surface area contributed by atoms with Gasteiger partial charge in [0.25, 0.3) is 5.23 Å². The number of hydrogen-bond acceptors (Lipinski definition) is 9. The number of anilines is 1.